The van der Waals surface area contributed by atoms with E-state index in [-0.39, 0.29) is 5.92 Å². The van der Waals surface area contributed by atoms with E-state index in [1.54, 1.807) is 0 Å². The van der Waals surface area contributed by atoms with Crippen molar-refractivity contribution in [1.82, 2.24) is 0 Å². The number of hydrogen-bond donors (Lipinski definition) is 0. The summed E-state index contributed by atoms with van der Waals surface area (Å²) in [6, 6.07) is 2.28. The Labute approximate surface area is 108 Å². The minimum Gasteiger partial charge on any atom is -0.198 e. The molecule has 17 heavy (non-hydrogen) atoms. The van der Waals surface area contributed by atoms with Gasteiger partial charge in [0.1, 0.15) is 0 Å². The molecular weight excluding hydrogens is 206 g/mol. The Morgan fingerprint density at radius 1 is 1.18 bits per heavy atom. The van der Waals surface area contributed by atoms with E-state index in [9.17, 15) is 0 Å². The molecule has 0 aliphatic heterocycles. The Morgan fingerprint density at radius 2 is 1.82 bits per heavy atom. The molecule has 1 atom stereocenters. The molecule has 0 spiro atoms. The fraction of sp³-hybridized carbons (Fsp3) is 0.812. The van der Waals surface area contributed by atoms with Gasteiger partial charge in [0.25, 0.3) is 0 Å². The molecular formula is C16H29N. The van der Waals surface area contributed by atoms with Crippen LogP contribution in [0.2, 0.25) is 0 Å². The van der Waals surface area contributed by atoms with Gasteiger partial charge in [-0.25, -0.2) is 0 Å². The van der Waals surface area contributed by atoms with Crippen LogP contribution in [0.1, 0.15) is 78.6 Å². The van der Waals surface area contributed by atoms with Crippen molar-refractivity contribution in [1.29, 1.82) is 5.26 Å². The van der Waals surface area contributed by atoms with Crippen molar-refractivity contribution in [3.05, 3.63) is 11.6 Å². The molecule has 0 heterocycles. The standard InChI is InChI=1S/C16H29N/c1-4-5-6-7-8-9-11-15(2)12-10-13-16(3)14-17/h12,16H,4-11,13H2,1-3H3. The van der Waals surface area contributed by atoms with Gasteiger partial charge in [0.05, 0.1) is 6.07 Å². The lowest BCUT2D eigenvalue weighted by Crippen LogP contribution is -1.88. The van der Waals surface area contributed by atoms with Crippen LogP contribution >= 0.6 is 0 Å². The van der Waals surface area contributed by atoms with E-state index in [1.165, 1.54) is 50.5 Å². The zero-order valence-corrected chi connectivity index (χ0v) is 12.0. The zero-order valence-electron chi connectivity index (χ0n) is 12.0. The first kappa shape index (κ1) is 16.2. The van der Waals surface area contributed by atoms with Gasteiger partial charge in [-0.1, -0.05) is 50.7 Å². The van der Waals surface area contributed by atoms with Gasteiger partial charge >= 0.3 is 0 Å². The number of nitrogens with zero attached hydrogens (tertiary/aromatic N) is 1. The molecule has 0 aliphatic carbocycles. The minimum atomic E-state index is 0.202. The van der Waals surface area contributed by atoms with Gasteiger partial charge in [0.15, 0.2) is 0 Å². The highest BCUT2D eigenvalue weighted by molar-refractivity contribution is 4.98. The second kappa shape index (κ2) is 11.7. The summed E-state index contributed by atoms with van der Waals surface area (Å²) in [5.41, 5.74) is 1.51. The molecule has 0 aromatic rings. The van der Waals surface area contributed by atoms with Gasteiger partial charge in [-0.2, -0.15) is 5.26 Å². The van der Waals surface area contributed by atoms with Crippen LogP contribution in [-0.2, 0) is 0 Å². The van der Waals surface area contributed by atoms with Crippen molar-refractivity contribution in [2.45, 2.75) is 78.6 Å². The third-order valence-electron chi connectivity index (χ3n) is 3.24. The predicted octanol–water partition coefficient (Wildman–Crippen LogP) is 5.62. The summed E-state index contributed by atoms with van der Waals surface area (Å²) in [5, 5.41) is 8.67. The van der Waals surface area contributed by atoms with Crippen LogP contribution in [-0.4, -0.2) is 0 Å². The first-order valence-corrected chi connectivity index (χ1v) is 7.26. The third kappa shape index (κ3) is 11.5. The van der Waals surface area contributed by atoms with Crippen LogP contribution in [0.4, 0.5) is 0 Å². The van der Waals surface area contributed by atoms with Crippen molar-refractivity contribution < 1.29 is 0 Å². The summed E-state index contributed by atoms with van der Waals surface area (Å²) in [5.74, 6) is 0.202. The quantitative estimate of drug-likeness (QED) is 0.356. The van der Waals surface area contributed by atoms with Crippen LogP contribution in [0.25, 0.3) is 0 Å². The van der Waals surface area contributed by atoms with Crippen molar-refractivity contribution in [3.63, 3.8) is 0 Å². The van der Waals surface area contributed by atoms with Crippen LogP contribution < -0.4 is 0 Å². The molecule has 1 heteroatoms. The molecule has 0 aliphatic rings. The Balaban J connectivity index is 3.42. The molecule has 98 valence electrons. The van der Waals surface area contributed by atoms with E-state index in [1.807, 2.05) is 6.92 Å². The fourth-order valence-electron chi connectivity index (χ4n) is 1.93. The first-order valence-electron chi connectivity index (χ1n) is 7.26. The smallest absolute Gasteiger partial charge is 0.0652 e. The maximum atomic E-state index is 8.67. The summed E-state index contributed by atoms with van der Waals surface area (Å²) in [4.78, 5) is 0. The van der Waals surface area contributed by atoms with Crippen LogP contribution in [0.3, 0.4) is 0 Å². The average Bonchev–Trinajstić information content (AvgIpc) is 2.33. The molecule has 0 amide bonds. The van der Waals surface area contributed by atoms with Crippen molar-refractivity contribution in [2.24, 2.45) is 5.92 Å². The maximum Gasteiger partial charge on any atom is 0.0652 e. The van der Waals surface area contributed by atoms with E-state index in [4.69, 9.17) is 5.26 Å². The van der Waals surface area contributed by atoms with E-state index < -0.39 is 0 Å². The highest BCUT2D eigenvalue weighted by atomic mass is 14.2. The molecule has 0 N–H and O–H groups in total. The summed E-state index contributed by atoms with van der Waals surface area (Å²) < 4.78 is 0. The normalized spacial score (nSPS) is 13.4. The fourth-order valence-corrected chi connectivity index (χ4v) is 1.93. The molecule has 0 aromatic carbocycles. The average molecular weight is 235 g/mol. The highest BCUT2D eigenvalue weighted by Gasteiger charge is 1.97. The molecule has 1 unspecified atom stereocenters. The summed E-state index contributed by atoms with van der Waals surface area (Å²) in [6.07, 6.45) is 13.9. The Hall–Kier alpha value is -0.770. The molecule has 0 saturated heterocycles. The van der Waals surface area contributed by atoms with Crippen molar-refractivity contribution in [3.8, 4) is 6.07 Å². The largest absolute Gasteiger partial charge is 0.198 e. The SMILES string of the molecule is CCCCCCCCC(C)=CCCC(C)C#N. The van der Waals surface area contributed by atoms with Crippen LogP contribution in [0.15, 0.2) is 11.6 Å². The Bertz CT molecular complexity index is 234. The van der Waals surface area contributed by atoms with Crippen molar-refractivity contribution >= 4 is 0 Å². The number of unbranched alkanes of at least 4 members (excludes halogenated alkanes) is 5. The lowest BCUT2D eigenvalue weighted by Gasteiger charge is -2.03. The third-order valence-corrected chi connectivity index (χ3v) is 3.24. The molecule has 0 saturated carbocycles. The van der Waals surface area contributed by atoms with Crippen LogP contribution in [0.5, 0.6) is 0 Å². The van der Waals surface area contributed by atoms with E-state index in [0.717, 1.165) is 12.8 Å². The molecule has 0 rings (SSSR count). The van der Waals surface area contributed by atoms with E-state index >= 15 is 0 Å². The summed E-state index contributed by atoms with van der Waals surface area (Å²) >= 11 is 0. The van der Waals surface area contributed by atoms with Gasteiger partial charge in [-0.05, 0) is 39.5 Å². The van der Waals surface area contributed by atoms with E-state index in [2.05, 4.69) is 26.0 Å². The zero-order chi connectivity index (χ0) is 12.9. The van der Waals surface area contributed by atoms with Gasteiger partial charge < -0.3 is 0 Å². The van der Waals surface area contributed by atoms with Gasteiger partial charge in [0.2, 0.25) is 0 Å². The monoisotopic (exact) mass is 235 g/mol. The van der Waals surface area contributed by atoms with E-state index in [0.29, 0.717) is 0 Å². The van der Waals surface area contributed by atoms with Gasteiger partial charge in [-0.15, -0.1) is 0 Å². The van der Waals surface area contributed by atoms with Crippen LogP contribution in [0, 0.1) is 17.2 Å². The molecule has 0 bridgehead atoms. The second-order valence-corrected chi connectivity index (χ2v) is 5.18. The van der Waals surface area contributed by atoms with Gasteiger partial charge in [-0.3, -0.25) is 0 Å². The molecule has 0 aromatic heterocycles. The molecule has 0 radical (unpaired) electrons. The second-order valence-electron chi connectivity index (χ2n) is 5.18. The lowest BCUT2D eigenvalue weighted by molar-refractivity contribution is 0.605. The Morgan fingerprint density at radius 3 is 2.47 bits per heavy atom. The first-order chi connectivity index (χ1) is 8.20. The number of rotatable bonds is 10. The summed E-state index contributed by atoms with van der Waals surface area (Å²) in [7, 11) is 0. The number of allylic oxidation sites excluding steroid dienone is 2. The summed E-state index contributed by atoms with van der Waals surface area (Å²) in [6.45, 7) is 6.48. The predicted molar refractivity (Wildman–Crippen MR) is 75.8 cm³/mol. The molecule has 1 nitrogen and oxygen atoms in total. The topological polar surface area (TPSA) is 23.8 Å². The molecule has 0 fully saturated rings. The lowest BCUT2D eigenvalue weighted by atomic mass is 10.0. The Kier molecular flexibility index (Phi) is 11.2. The van der Waals surface area contributed by atoms with Crippen molar-refractivity contribution in [2.75, 3.05) is 0 Å². The maximum absolute atomic E-state index is 8.67. The minimum absolute atomic E-state index is 0.202. The van der Waals surface area contributed by atoms with Gasteiger partial charge in [0, 0.05) is 5.92 Å². The number of hydrogen-bond acceptors (Lipinski definition) is 1. The number of nitriles is 1. The highest BCUT2D eigenvalue weighted by Crippen LogP contribution is 2.13.